The Morgan fingerprint density at radius 2 is 2.25 bits per heavy atom. The van der Waals surface area contributed by atoms with E-state index < -0.39 is 11.9 Å². The van der Waals surface area contributed by atoms with Crippen molar-refractivity contribution in [1.82, 2.24) is 10.2 Å². The van der Waals surface area contributed by atoms with Crippen LogP contribution in [0, 0.1) is 12.3 Å². The fraction of sp³-hybridized carbons (Fsp3) is 0.286. The van der Waals surface area contributed by atoms with Crippen LogP contribution in [0.15, 0.2) is 6.20 Å². The van der Waals surface area contributed by atoms with E-state index in [0.29, 0.717) is 0 Å². The quantitative estimate of drug-likeness (QED) is 0.643. The number of aromatic nitrogens is 2. The summed E-state index contributed by atoms with van der Waals surface area (Å²) in [5.41, 5.74) is -0.856. The van der Waals surface area contributed by atoms with Gasteiger partial charge in [-0.1, -0.05) is 0 Å². The van der Waals surface area contributed by atoms with E-state index in [9.17, 15) is 13.2 Å². The fourth-order valence-electron chi connectivity index (χ4n) is 0.801. The van der Waals surface area contributed by atoms with Crippen molar-refractivity contribution in [3.63, 3.8) is 0 Å². The van der Waals surface area contributed by atoms with E-state index in [1.165, 1.54) is 0 Å². The van der Waals surface area contributed by atoms with Gasteiger partial charge < -0.3 is 0 Å². The molecular formula is C7H5F3N2. The molecule has 5 heteroatoms. The van der Waals surface area contributed by atoms with Crippen molar-refractivity contribution in [2.75, 3.05) is 0 Å². The second-order valence-electron chi connectivity index (χ2n) is 2.15. The van der Waals surface area contributed by atoms with Gasteiger partial charge in [-0.05, 0) is 0 Å². The standard InChI is InChI=1S/C7H5F3N2/c1-2-3-5-4-11-12-6(5)7(8,9)10/h1,4H,3H2,(H,11,12). The molecule has 0 saturated carbocycles. The van der Waals surface area contributed by atoms with Gasteiger partial charge >= 0.3 is 6.18 Å². The topological polar surface area (TPSA) is 28.7 Å². The van der Waals surface area contributed by atoms with Gasteiger partial charge in [0.1, 0.15) is 5.69 Å². The second kappa shape index (κ2) is 2.89. The van der Waals surface area contributed by atoms with E-state index in [1.54, 1.807) is 0 Å². The molecule has 1 aromatic heterocycles. The normalized spacial score (nSPS) is 11.2. The van der Waals surface area contributed by atoms with Crippen LogP contribution in [0.5, 0.6) is 0 Å². The molecule has 0 aromatic carbocycles. The van der Waals surface area contributed by atoms with Crippen molar-refractivity contribution >= 4 is 0 Å². The molecule has 0 spiro atoms. The zero-order valence-corrected chi connectivity index (χ0v) is 5.94. The van der Waals surface area contributed by atoms with E-state index in [0.717, 1.165) is 6.20 Å². The first-order valence-corrected chi connectivity index (χ1v) is 3.08. The first-order valence-electron chi connectivity index (χ1n) is 3.08. The molecule has 1 rings (SSSR count). The Kier molecular flexibility index (Phi) is 2.09. The minimum absolute atomic E-state index is 0.00463. The number of alkyl halides is 3. The minimum atomic E-state index is -4.40. The molecule has 1 aromatic rings. The molecule has 0 aliphatic rings. The number of aromatic amines is 1. The van der Waals surface area contributed by atoms with Crippen LogP contribution in [0.3, 0.4) is 0 Å². The Morgan fingerprint density at radius 1 is 1.58 bits per heavy atom. The molecule has 0 bridgehead atoms. The zero-order valence-electron chi connectivity index (χ0n) is 5.94. The lowest BCUT2D eigenvalue weighted by molar-refractivity contribution is -0.141. The highest BCUT2D eigenvalue weighted by Crippen LogP contribution is 2.29. The van der Waals surface area contributed by atoms with Gasteiger partial charge in [0.25, 0.3) is 0 Å². The number of H-pyrrole nitrogens is 1. The van der Waals surface area contributed by atoms with Gasteiger partial charge in [0.2, 0.25) is 0 Å². The number of nitrogens with zero attached hydrogens (tertiary/aromatic N) is 1. The third kappa shape index (κ3) is 1.59. The average Bonchev–Trinajstić information content (AvgIpc) is 2.34. The van der Waals surface area contributed by atoms with Crippen LogP contribution in [-0.4, -0.2) is 10.2 Å². The van der Waals surface area contributed by atoms with Gasteiger partial charge in [-0.25, -0.2) is 0 Å². The van der Waals surface area contributed by atoms with Crippen LogP contribution in [0.2, 0.25) is 0 Å². The Bertz CT molecular complexity index is 305. The SMILES string of the molecule is C#CCc1cn[nH]c1C(F)(F)F. The minimum Gasteiger partial charge on any atom is -0.273 e. The maximum atomic E-state index is 12.1. The van der Waals surface area contributed by atoms with Crippen LogP contribution in [0.4, 0.5) is 13.2 Å². The predicted octanol–water partition coefficient (Wildman–Crippen LogP) is 1.60. The van der Waals surface area contributed by atoms with Crippen molar-refractivity contribution in [3.8, 4) is 12.3 Å². The molecule has 0 aliphatic carbocycles. The number of rotatable bonds is 1. The van der Waals surface area contributed by atoms with Crippen molar-refractivity contribution in [1.29, 1.82) is 0 Å². The van der Waals surface area contributed by atoms with Gasteiger partial charge in [0.15, 0.2) is 0 Å². The summed E-state index contributed by atoms with van der Waals surface area (Å²) in [6.07, 6.45) is 1.49. The number of hydrogen-bond donors (Lipinski definition) is 1. The van der Waals surface area contributed by atoms with Crippen LogP contribution >= 0.6 is 0 Å². The van der Waals surface area contributed by atoms with E-state index in [1.807, 2.05) is 5.10 Å². The van der Waals surface area contributed by atoms with Crippen molar-refractivity contribution in [2.24, 2.45) is 0 Å². The molecule has 0 atom stereocenters. The Hall–Kier alpha value is -1.44. The summed E-state index contributed by atoms with van der Waals surface area (Å²) in [5, 5.41) is 5.13. The summed E-state index contributed by atoms with van der Waals surface area (Å²) in [5.74, 6) is 2.12. The summed E-state index contributed by atoms with van der Waals surface area (Å²) in [6.45, 7) is 0. The van der Waals surface area contributed by atoms with E-state index in [-0.39, 0.29) is 12.0 Å². The van der Waals surface area contributed by atoms with E-state index in [4.69, 9.17) is 6.42 Å². The third-order valence-corrected chi connectivity index (χ3v) is 1.29. The molecule has 0 saturated heterocycles. The van der Waals surface area contributed by atoms with E-state index >= 15 is 0 Å². The lowest BCUT2D eigenvalue weighted by Crippen LogP contribution is -2.08. The number of halogens is 3. The molecule has 0 aliphatic heterocycles. The first-order chi connectivity index (χ1) is 5.55. The molecule has 12 heavy (non-hydrogen) atoms. The van der Waals surface area contributed by atoms with Gasteiger partial charge in [-0.3, -0.25) is 5.10 Å². The molecule has 0 fully saturated rings. The zero-order chi connectivity index (χ0) is 9.19. The second-order valence-corrected chi connectivity index (χ2v) is 2.15. The third-order valence-electron chi connectivity index (χ3n) is 1.29. The van der Waals surface area contributed by atoms with Crippen LogP contribution < -0.4 is 0 Å². The number of nitrogens with one attached hydrogen (secondary N) is 1. The summed E-state index contributed by atoms with van der Waals surface area (Å²) < 4.78 is 36.2. The number of hydrogen-bond acceptors (Lipinski definition) is 1. The predicted molar refractivity (Wildman–Crippen MR) is 36.1 cm³/mol. The monoisotopic (exact) mass is 174 g/mol. The summed E-state index contributed by atoms with van der Waals surface area (Å²) in [6, 6.07) is 0. The molecule has 1 N–H and O–H groups in total. The average molecular weight is 174 g/mol. The van der Waals surface area contributed by atoms with Crippen LogP contribution in [-0.2, 0) is 12.6 Å². The van der Waals surface area contributed by atoms with Crippen molar-refractivity contribution in [3.05, 3.63) is 17.5 Å². The summed E-state index contributed by atoms with van der Waals surface area (Å²) in [7, 11) is 0. The van der Waals surface area contributed by atoms with Gasteiger partial charge in [0, 0.05) is 12.0 Å². The Morgan fingerprint density at radius 3 is 2.75 bits per heavy atom. The molecule has 0 amide bonds. The Labute approximate surface area is 66.8 Å². The van der Waals surface area contributed by atoms with Crippen molar-refractivity contribution < 1.29 is 13.2 Å². The molecule has 2 nitrogen and oxygen atoms in total. The highest BCUT2D eigenvalue weighted by molar-refractivity contribution is 5.23. The summed E-state index contributed by atoms with van der Waals surface area (Å²) in [4.78, 5) is 0. The maximum absolute atomic E-state index is 12.1. The highest BCUT2D eigenvalue weighted by Gasteiger charge is 2.34. The first kappa shape index (κ1) is 8.65. The summed E-state index contributed by atoms with van der Waals surface area (Å²) >= 11 is 0. The molecule has 0 radical (unpaired) electrons. The molecular weight excluding hydrogens is 169 g/mol. The lowest BCUT2D eigenvalue weighted by Gasteiger charge is -2.03. The van der Waals surface area contributed by atoms with Gasteiger partial charge in [0.05, 0.1) is 6.20 Å². The fourth-order valence-corrected chi connectivity index (χ4v) is 0.801. The maximum Gasteiger partial charge on any atom is 0.433 e. The van der Waals surface area contributed by atoms with Crippen LogP contribution in [0.25, 0.3) is 0 Å². The van der Waals surface area contributed by atoms with Gasteiger partial charge in [-0.15, -0.1) is 12.3 Å². The van der Waals surface area contributed by atoms with Gasteiger partial charge in [-0.2, -0.15) is 18.3 Å². The molecule has 64 valence electrons. The largest absolute Gasteiger partial charge is 0.433 e. The van der Waals surface area contributed by atoms with Crippen LogP contribution in [0.1, 0.15) is 11.3 Å². The highest BCUT2D eigenvalue weighted by atomic mass is 19.4. The smallest absolute Gasteiger partial charge is 0.273 e. The lowest BCUT2D eigenvalue weighted by atomic mass is 10.2. The van der Waals surface area contributed by atoms with E-state index in [2.05, 4.69) is 11.0 Å². The van der Waals surface area contributed by atoms with Crippen molar-refractivity contribution in [2.45, 2.75) is 12.6 Å². The molecule has 1 heterocycles. The molecule has 0 unspecified atom stereocenters. The Balaban J connectivity index is 3.01. The number of terminal acetylenes is 1.